The average Bonchev–Trinajstić information content (AvgIpc) is 2.93. The van der Waals surface area contributed by atoms with Crippen LogP contribution >= 0.6 is 0 Å². The monoisotopic (exact) mass is 326 g/mol. The van der Waals surface area contributed by atoms with Crippen molar-refractivity contribution in [2.45, 2.75) is 31.5 Å². The van der Waals surface area contributed by atoms with E-state index in [-0.39, 0.29) is 30.2 Å². The van der Waals surface area contributed by atoms with E-state index in [1.165, 1.54) is 5.57 Å². The first-order valence-corrected chi connectivity index (χ1v) is 8.66. The lowest BCUT2D eigenvalue weighted by Crippen LogP contribution is -2.69. The number of hydrogen-bond acceptors (Lipinski definition) is 4. The zero-order valence-corrected chi connectivity index (χ0v) is 13.7. The minimum absolute atomic E-state index is 0.135. The molecule has 24 heavy (non-hydrogen) atoms. The summed E-state index contributed by atoms with van der Waals surface area (Å²) < 4.78 is 0. The van der Waals surface area contributed by atoms with Gasteiger partial charge in [0.15, 0.2) is 5.72 Å². The Hall–Kier alpha value is -1.82. The molecule has 1 aromatic heterocycles. The molecule has 4 N–H and O–H groups in total. The van der Waals surface area contributed by atoms with Crippen LogP contribution in [0.3, 0.4) is 0 Å². The Labute approximate surface area is 140 Å². The Balaban J connectivity index is 1.74. The second kappa shape index (κ2) is 4.63. The molecule has 5 atom stereocenters. The number of phenolic OH excluding ortho intramolecular Hbond substituents is 1. The molecule has 3 fully saturated rings. The Morgan fingerprint density at radius 3 is 3.00 bits per heavy atom. The third-order valence-electron chi connectivity index (χ3n) is 6.51. The third kappa shape index (κ3) is 1.60. The number of aromatic nitrogens is 1. The van der Waals surface area contributed by atoms with E-state index in [2.05, 4.69) is 16.0 Å². The van der Waals surface area contributed by atoms with Gasteiger partial charge in [-0.15, -0.1) is 0 Å². The topological polar surface area (TPSA) is 79.7 Å². The molecule has 5 heteroatoms. The fourth-order valence-corrected chi connectivity index (χ4v) is 5.38. The van der Waals surface area contributed by atoms with Crippen molar-refractivity contribution in [1.82, 2.24) is 9.88 Å². The molecular weight excluding hydrogens is 304 g/mol. The molecule has 0 radical (unpaired) electrons. The Morgan fingerprint density at radius 1 is 1.42 bits per heavy atom. The van der Waals surface area contributed by atoms with Crippen molar-refractivity contribution >= 4 is 10.9 Å². The number of aliphatic hydroxyl groups is 2. The Morgan fingerprint density at radius 2 is 2.25 bits per heavy atom. The van der Waals surface area contributed by atoms with Gasteiger partial charge in [0.05, 0.1) is 5.69 Å². The van der Waals surface area contributed by atoms with Crippen LogP contribution in [-0.2, 0) is 12.1 Å². The normalized spacial score (nSPS) is 38.7. The lowest BCUT2D eigenvalue weighted by Gasteiger charge is -2.61. The zero-order valence-electron chi connectivity index (χ0n) is 13.7. The number of H-pyrrole nitrogens is 1. The van der Waals surface area contributed by atoms with Crippen LogP contribution < -0.4 is 0 Å². The first kappa shape index (κ1) is 14.5. The molecule has 4 aliphatic rings. The minimum Gasteiger partial charge on any atom is -0.508 e. The van der Waals surface area contributed by atoms with Gasteiger partial charge in [-0.2, -0.15) is 0 Å². The highest BCUT2D eigenvalue weighted by molar-refractivity contribution is 5.86. The molecule has 1 unspecified atom stereocenters. The van der Waals surface area contributed by atoms with Gasteiger partial charge >= 0.3 is 0 Å². The molecule has 1 aromatic carbocycles. The predicted molar refractivity (Wildman–Crippen MR) is 90.5 cm³/mol. The number of fused-ring (bicyclic) bond motifs is 4. The summed E-state index contributed by atoms with van der Waals surface area (Å²) in [6.45, 7) is 2.95. The molecule has 0 amide bonds. The third-order valence-corrected chi connectivity index (χ3v) is 6.51. The Kier molecular flexibility index (Phi) is 2.80. The van der Waals surface area contributed by atoms with E-state index in [9.17, 15) is 15.3 Å². The van der Waals surface area contributed by atoms with Crippen molar-refractivity contribution < 1.29 is 15.3 Å². The summed E-state index contributed by atoms with van der Waals surface area (Å²) >= 11 is 0. The summed E-state index contributed by atoms with van der Waals surface area (Å²) in [5, 5.41) is 32.4. The van der Waals surface area contributed by atoms with Crippen LogP contribution in [0.5, 0.6) is 5.75 Å². The molecule has 0 spiro atoms. The van der Waals surface area contributed by atoms with Crippen LogP contribution in [0.2, 0.25) is 0 Å². The number of allylic oxidation sites excluding steroid dienone is 1. The van der Waals surface area contributed by atoms with E-state index in [1.807, 2.05) is 13.0 Å². The van der Waals surface area contributed by atoms with Gasteiger partial charge in [0.25, 0.3) is 0 Å². The second-order valence-electron chi connectivity index (χ2n) is 7.45. The lowest BCUT2D eigenvalue weighted by atomic mass is 9.63. The molecular formula is C19H22N2O3. The molecule has 6 rings (SSSR count). The van der Waals surface area contributed by atoms with Crippen LogP contribution in [0.1, 0.15) is 24.6 Å². The highest BCUT2D eigenvalue weighted by atomic mass is 16.3. The standard InChI is InChI=1S/C19H22N2O3/c1-2-10-8-21-17-6-13-12-5-11(23)3-4-16(12)20-18(13)19(21,24)7-14(10)15(17)9-22/h2-5,14-15,17,20,22-24H,6-9H2,1H3/b10-2-/t14-,15+,17+,19-/m1/s1. The summed E-state index contributed by atoms with van der Waals surface area (Å²) in [7, 11) is 0. The van der Waals surface area contributed by atoms with Crippen LogP contribution in [0.15, 0.2) is 29.8 Å². The molecule has 2 aromatic rings. The van der Waals surface area contributed by atoms with Crippen LogP contribution in [0, 0.1) is 11.8 Å². The highest BCUT2D eigenvalue weighted by Crippen LogP contribution is 2.56. The highest BCUT2D eigenvalue weighted by Gasteiger charge is 2.59. The largest absolute Gasteiger partial charge is 0.508 e. The van der Waals surface area contributed by atoms with Gasteiger partial charge in [-0.3, -0.25) is 4.90 Å². The summed E-state index contributed by atoms with van der Waals surface area (Å²) in [5.41, 5.74) is 3.23. The second-order valence-corrected chi connectivity index (χ2v) is 7.45. The van der Waals surface area contributed by atoms with Gasteiger partial charge < -0.3 is 20.3 Å². The molecule has 3 saturated heterocycles. The van der Waals surface area contributed by atoms with Crippen LogP contribution in [-0.4, -0.2) is 44.4 Å². The number of aromatic hydroxyl groups is 1. The molecule has 126 valence electrons. The fraction of sp³-hybridized carbons (Fsp3) is 0.474. The molecule has 4 bridgehead atoms. The van der Waals surface area contributed by atoms with E-state index in [0.717, 1.165) is 35.1 Å². The van der Waals surface area contributed by atoms with Crippen LogP contribution in [0.25, 0.3) is 10.9 Å². The maximum absolute atomic E-state index is 11.6. The molecule has 0 saturated carbocycles. The summed E-state index contributed by atoms with van der Waals surface area (Å²) in [6, 6.07) is 5.44. The number of aromatic amines is 1. The van der Waals surface area contributed by atoms with E-state index in [4.69, 9.17) is 0 Å². The molecule has 0 aliphatic carbocycles. The quantitative estimate of drug-likeness (QED) is 0.603. The number of aliphatic hydroxyl groups excluding tert-OH is 1. The predicted octanol–water partition coefficient (Wildman–Crippen LogP) is 1.83. The van der Waals surface area contributed by atoms with Crippen molar-refractivity contribution in [3.05, 3.63) is 41.1 Å². The Bertz CT molecular complexity index is 871. The number of nitrogens with zero attached hydrogens (tertiary/aromatic N) is 1. The van der Waals surface area contributed by atoms with Crippen molar-refractivity contribution in [1.29, 1.82) is 0 Å². The summed E-state index contributed by atoms with van der Waals surface area (Å²) in [5.74, 6) is 0.623. The maximum atomic E-state index is 11.6. The SMILES string of the molecule is C/C=C1/CN2[C@H]3Cc4c([nH]c5ccc(O)cc45)[C@]2(O)C[C@H]1[C@@H]3CO. The number of benzene rings is 1. The van der Waals surface area contributed by atoms with Crippen molar-refractivity contribution in [2.24, 2.45) is 11.8 Å². The van der Waals surface area contributed by atoms with Crippen molar-refractivity contribution in [3.8, 4) is 5.75 Å². The van der Waals surface area contributed by atoms with E-state index in [1.54, 1.807) is 12.1 Å². The number of piperidine rings is 3. The minimum atomic E-state index is -1.00. The number of rotatable bonds is 1. The van der Waals surface area contributed by atoms with Crippen LogP contribution in [0.4, 0.5) is 0 Å². The van der Waals surface area contributed by atoms with Gasteiger partial charge in [-0.1, -0.05) is 11.6 Å². The van der Waals surface area contributed by atoms with Gasteiger partial charge in [-0.05, 0) is 43.0 Å². The summed E-state index contributed by atoms with van der Waals surface area (Å²) in [6.07, 6.45) is 3.54. The molecule has 5 nitrogen and oxygen atoms in total. The van der Waals surface area contributed by atoms with Gasteiger partial charge in [0, 0.05) is 42.4 Å². The van der Waals surface area contributed by atoms with Gasteiger partial charge in [0.2, 0.25) is 0 Å². The number of nitrogens with one attached hydrogen (secondary N) is 1. The number of phenols is 1. The fourth-order valence-electron chi connectivity index (χ4n) is 5.38. The van der Waals surface area contributed by atoms with E-state index in [0.29, 0.717) is 6.42 Å². The molecule has 4 aliphatic heterocycles. The average molecular weight is 326 g/mol. The first-order chi connectivity index (χ1) is 11.6. The van der Waals surface area contributed by atoms with E-state index < -0.39 is 5.72 Å². The summed E-state index contributed by atoms with van der Waals surface area (Å²) in [4.78, 5) is 5.57. The maximum Gasteiger partial charge on any atom is 0.160 e. The van der Waals surface area contributed by atoms with Crippen molar-refractivity contribution in [3.63, 3.8) is 0 Å². The zero-order chi connectivity index (χ0) is 16.6. The van der Waals surface area contributed by atoms with Crippen molar-refractivity contribution in [2.75, 3.05) is 13.2 Å². The number of hydrogen-bond donors (Lipinski definition) is 4. The first-order valence-electron chi connectivity index (χ1n) is 8.66. The van der Waals surface area contributed by atoms with Gasteiger partial charge in [0.1, 0.15) is 5.75 Å². The lowest BCUT2D eigenvalue weighted by molar-refractivity contribution is -0.221. The molecule has 5 heterocycles. The van der Waals surface area contributed by atoms with Gasteiger partial charge in [-0.25, -0.2) is 0 Å². The smallest absolute Gasteiger partial charge is 0.160 e. The van der Waals surface area contributed by atoms with E-state index >= 15 is 0 Å².